The fraction of sp³-hybridized carbons (Fsp3) is 0.867. The maximum atomic E-state index is 13.9. The molecule has 3 aliphatic rings. The van der Waals surface area contributed by atoms with Crippen LogP contribution in [-0.4, -0.2) is 59.1 Å². The van der Waals surface area contributed by atoms with Crippen LogP contribution in [0.1, 0.15) is 100 Å². The maximum absolute atomic E-state index is 13.9. The van der Waals surface area contributed by atoms with Crippen molar-refractivity contribution in [3.8, 4) is 0 Å². The second-order valence-electron chi connectivity index (χ2n) is 13.2. The molecule has 7 atom stereocenters. The number of rotatable bonds is 6. The minimum atomic E-state index is -0.992. The molecule has 1 heterocycles. The van der Waals surface area contributed by atoms with Gasteiger partial charge < -0.3 is 15.0 Å². The largest absolute Gasteiger partial charge is 0.441 e. The fourth-order valence-electron chi connectivity index (χ4n) is 7.20. The molecule has 3 unspecified atom stereocenters. The van der Waals surface area contributed by atoms with Crippen molar-refractivity contribution in [2.24, 2.45) is 35.0 Å². The van der Waals surface area contributed by atoms with Gasteiger partial charge in [0.05, 0.1) is 12.0 Å². The van der Waals surface area contributed by atoms with E-state index in [1.165, 1.54) is 12.8 Å². The molecule has 0 spiro atoms. The molecule has 0 bridgehead atoms. The number of carbonyl (C=O) groups excluding carboxylic acids is 4. The van der Waals surface area contributed by atoms with Gasteiger partial charge in [0.25, 0.3) is 0 Å². The van der Waals surface area contributed by atoms with E-state index in [2.05, 4.69) is 19.2 Å². The molecular weight excluding hydrogens is 468 g/mol. The summed E-state index contributed by atoms with van der Waals surface area (Å²) < 4.78 is 6.12. The summed E-state index contributed by atoms with van der Waals surface area (Å²) in [6, 6.07) is 0.141. The zero-order valence-corrected chi connectivity index (χ0v) is 24.4. The maximum Gasteiger partial charge on any atom is 0.410 e. The number of ketones is 3. The van der Waals surface area contributed by atoms with E-state index in [0.717, 1.165) is 13.0 Å². The van der Waals surface area contributed by atoms with Gasteiger partial charge in [-0.05, 0) is 64.3 Å². The highest BCUT2D eigenvalue weighted by molar-refractivity contribution is 6.03. The van der Waals surface area contributed by atoms with Crippen molar-refractivity contribution in [2.45, 2.75) is 118 Å². The smallest absolute Gasteiger partial charge is 0.410 e. The van der Waals surface area contributed by atoms with Crippen LogP contribution in [0.2, 0.25) is 0 Å². The summed E-state index contributed by atoms with van der Waals surface area (Å²) in [6.45, 7) is 16.9. The Morgan fingerprint density at radius 2 is 1.54 bits per heavy atom. The average Bonchev–Trinajstić information content (AvgIpc) is 3.61. The molecule has 0 radical (unpaired) electrons. The lowest BCUT2D eigenvalue weighted by Crippen LogP contribution is -2.55. The normalized spacial score (nSPS) is 37.8. The molecule has 1 N–H and O–H groups in total. The van der Waals surface area contributed by atoms with Crippen molar-refractivity contribution < 1.29 is 23.9 Å². The van der Waals surface area contributed by atoms with Gasteiger partial charge in [-0.15, -0.1) is 0 Å². The van der Waals surface area contributed by atoms with Crippen LogP contribution >= 0.6 is 0 Å². The number of carbonyl (C=O) groups is 4. The van der Waals surface area contributed by atoms with E-state index < -0.39 is 29.6 Å². The predicted molar refractivity (Wildman–Crippen MR) is 144 cm³/mol. The second-order valence-corrected chi connectivity index (χ2v) is 13.2. The van der Waals surface area contributed by atoms with E-state index in [9.17, 15) is 19.2 Å². The third-order valence-corrected chi connectivity index (χ3v) is 9.32. The van der Waals surface area contributed by atoms with Gasteiger partial charge in [-0.2, -0.15) is 0 Å². The molecule has 2 aliphatic carbocycles. The summed E-state index contributed by atoms with van der Waals surface area (Å²) in [5.74, 6) is -1.89. The number of hydrogen-bond donors (Lipinski definition) is 1. The summed E-state index contributed by atoms with van der Waals surface area (Å²) in [6.07, 6.45) is 4.85. The van der Waals surface area contributed by atoms with Crippen LogP contribution < -0.4 is 5.32 Å². The number of ether oxygens (including phenoxy) is 1. The number of hydrogen-bond acceptors (Lipinski definition) is 6. The molecule has 7 nitrogen and oxygen atoms in total. The Balaban J connectivity index is 1.97. The van der Waals surface area contributed by atoms with Crippen molar-refractivity contribution in [2.75, 3.05) is 13.1 Å². The van der Waals surface area contributed by atoms with Gasteiger partial charge >= 0.3 is 6.09 Å². The fourth-order valence-corrected chi connectivity index (χ4v) is 7.20. The van der Waals surface area contributed by atoms with Crippen LogP contribution in [0.5, 0.6) is 0 Å². The molecule has 1 aliphatic heterocycles. The van der Waals surface area contributed by atoms with Crippen LogP contribution in [0.15, 0.2) is 0 Å². The first-order valence-corrected chi connectivity index (χ1v) is 14.5. The SMILES string of the molecule is CC[C@H]1CC(=O)C(C)C(=O)[C@H](C)CC(C)(C)C[C@@H](C)C(=O)C(C)C2N(CCCNC3CC3)C(=O)O[C@@]21C. The highest BCUT2D eigenvalue weighted by Gasteiger charge is 2.58. The molecule has 0 aromatic heterocycles. The Morgan fingerprint density at radius 1 is 0.946 bits per heavy atom. The lowest BCUT2D eigenvalue weighted by atomic mass is 9.68. The van der Waals surface area contributed by atoms with Gasteiger partial charge in [0.2, 0.25) is 0 Å². The Kier molecular flexibility index (Phi) is 9.30. The number of nitrogens with one attached hydrogen (secondary N) is 1. The van der Waals surface area contributed by atoms with E-state index in [1.54, 1.807) is 11.8 Å². The average molecular weight is 519 g/mol. The van der Waals surface area contributed by atoms with Gasteiger partial charge in [-0.25, -0.2) is 4.79 Å². The van der Waals surface area contributed by atoms with E-state index >= 15 is 0 Å². The Morgan fingerprint density at radius 3 is 2.11 bits per heavy atom. The van der Waals surface area contributed by atoms with E-state index in [0.29, 0.717) is 31.8 Å². The molecule has 3 rings (SSSR count). The van der Waals surface area contributed by atoms with Gasteiger partial charge in [-0.3, -0.25) is 14.4 Å². The number of Topliss-reactive ketones (excluding diaryl/α,β-unsaturated/α-hetero) is 3. The highest BCUT2D eigenvalue weighted by Crippen LogP contribution is 2.45. The van der Waals surface area contributed by atoms with E-state index in [4.69, 9.17) is 4.74 Å². The molecule has 37 heavy (non-hydrogen) atoms. The Labute approximate surface area is 223 Å². The van der Waals surface area contributed by atoms with Gasteiger partial charge in [-0.1, -0.05) is 41.5 Å². The quantitative estimate of drug-likeness (QED) is 0.384. The monoisotopic (exact) mass is 518 g/mol. The lowest BCUT2D eigenvalue weighted by molar-refractivity contribution is -0.137. The summed E-state index contributed by atoms with van der Waals surface area (Å²) >= 11 is 0. The minimum Gasteiger partial charge on any atom is -0.441 e. The first kappa shape index (κ1) is 29.8. The third-order valence-electron chi connectivity index (χ3n) is 9.32. The Bertz CT molecular complexity index is 881. The van der Waals surface area contributed by atoms with Crippen molar-refractivity contribution >= 4 is 23.4 Å². The van der Waals surface area contributed by atoms with Crippen LogP contribution in [0.3, 0.4) is 0 Å². The molecule has 2 saturated carbocycles. The van der Waals surface area contributed by atoms with Crippen molar-refractivity contribution in [1.29, 1.82) is 0 Å². The Hall–Kier alpha value is -1.76. The molecular formula is C30H50N2O5. The molecule has 1 amide bonds. The first-order valence-electron chi connectivity index (χ1n) is 14.5. The van der Waals surface area contributed by atoms with Gasteiger partial charge in [0.15, 0.2) is 0 Å². The minimum absolute atomic E-state index is 0.0350. The summed E-state index contributed by atoms with van der Waals surface area (Å²) in [5, 5.41) is 3.50. The predicted octanol–water partition coefficient (Wildman–Crippen LogP) is 5.20. The van der Waals surface area contributed by atoms with Crippen LogP contribution in [0.25, 0.3) is 0 Å². The molecule has 0 aromatic rings. The summed E-state index contributed by atoms with van der Waals surface area (Å²) in [5.41, 5.74) is -1.23. The molecule has 210 valence electrons. The van der Waals surface area contributed by atoms with Crippen molar-refractivity contribution in [3.63, 3.8) is 0 Å². The molecule has 0 aromatic carbocycles. The third kappa shape index (κ3) is 6.63. The first-order chi connectivity index (χ1) is 17.2. The van der Waals surface area contributed by atoms with Gasteiger partial charge in [0.1, 0.15) is 23.0 Å². The summed E-state index contributed by atoms with van der Waals surface area (Å²) in [7, 11) is 0. The zero-order chi connectivity index (χ0) is 27.7. The van der Waals surface area contributed by atoms with Crippen LogP contribution in [-0.2, 0) is 19.1 Å². The van der Waals surface area contributed by atoms with Crippen LogP contribution in [0.4, 0.5) is 4.79 Å². The zero-order valence-electron chi connectivity index (χ0n) is 24.4. The molecule has 3 fully saturated rings. The van der Waals surface area contributed by atoms with E-state index in [1.807, 2.05) is 34.6 Å². The number of fused-ring (bicyclic) bond motifs is 1. The van der Waals surface area contributed by atoms with Crippen molar-refractivity contribution in [3.05, 3.63) is 0 Å². The molecule has 7 heteroatoms. The standard InChI is InChI=1S/C30H50N2O5/c1-9-22-15-24(33)20(4)25(34)18(2)16-29(6,7)17-19(3)26(35)21(5)27-30(22,8)37-28(36)32(27)14-10-13-31-23-11-12-23/h18-23,27,31H,9-17H2,1-8H3/t18-,19-,20?,21?,22+,27?,30-/m1/s1. The van der Waals surface area contributed by atoms with Crippen LogP contribution in [0, 0.1) is 35.0 Å². The second kappa shape index (κ2) is 11.5. The summed E-state index contributed by atoms with van der Waals surface area (Å²) in [4.78, 5) is 55.6. The highest BCUT2D eigenvalue weighted by atomic mass is 16.6. The lowest BCUT2D eigenvalue weighted by Gasteiger charge is -2.41. The van der Waals surface area contributed by atoms with Gasteiger partial charge in [0, 0.05) is 42.7 Å². The number of nitrogens with zero attached hydrogens (tertiary/aromatic N) is 1. The van der Waals surface area contributed by atoms with Crippen molar-refractivity contribution in [1.82, 2.24) is 10.2 Å². The molecule has 1 saturated heterocycles. The topological polar surface area (TPSA) is 92.8 Å². The van der Waals surface area contributed by atoms with E-state index in [-0.39, 0.29) is 46.9 Å². The number of amides is 1.